The number of hydrogen-bond donors (Lipinski definition) is 2. The zero-order valence-electron chi connectivity index (χ0n) is 11.8. The second-order valence-corrected chi connectivity index (χ2v) is 5.71. The molecule has 1 aliphatic heterocycles. The molecule has 1 aromatic rings. The van der Waals surface area contributed by atoms with Crippen molar-refractivity contribution >= 4 is 18.3 Å². The summed E-state index contributed by atoms with van der Waals surface area (Å²) in [5, 5.41) is 6.47. The van der Waals surface area contributed by atoms with Gasteiger partial charge in [0.2, 0.25) is 0 Å². The molecule has 0 saturated carbocycles. The first-order valence-corrected chi connectivity index (χ1v) is 7.46. The Labute approximate surface area is 126 Å². The van der Waals surface area contributed by atoms with Crippen LogP contribution in [0.1, 0.15) is 47.2 Å². The second kappa shape index (κ2) is 7.09. The predicted octanol–water partition coefficient (Wildman–Crippen LogP) is 2.47. The number of halogens is 1. The maximum absolute atomic E-state index is 12.3. The number of benzene rings is 1. The summed E-state index contributed by atoms with van der Waals surface area (Å²) in [5.41, 5.74) is 3.63. The van der Waals surface area contributed by atoms with Gasteiger partial charge in [-0.3, -0.25) is 4.79 Å². The lowest BCUT2D eigenvalue weighted by Gasteiger charge is -2.24. The number of piperidine rings is 1. The first-order valence-electron chi connectivity index (χ1n) is 7.46. The van der Waals surface area contributed by atoms with E-state index in [-0.39, 0.29) is 24.4 Å². The van der Waals surface area contributed by atoms with E-state index in [2.05, 4.69) is 22.8 Å². The quantitative estimate of drug-likeness (QED) is 0.880. The Kier molecular flexibility index (Phi) is 5.44. The molecule has 1 aliphatic carbocycles. The van der Waals surface area contributed by atoms with E-state index in [0.29, 0.717) is 0 Å². The average Bonchev–Trinajstić information content (AvgIpc) is 2.48. The predicted molar refractivity (Wildman–Crippen MR) is 83.7 cm³/mol. The Bertz CT molecular complexity index is 470. The third kappa shape index (κ3) is 3.53. The molecule has 2 aliphatic rings. The Morgan fingerprint density at radius 2 is 1.95 bits per heavy atom. The molecule has 1 heterocycles. The monoisotopic (exact) mass is 294 g/mol. The lowest BCUT2D eigenvalue weighted by atomic mass is 9.90. The van der Waals surface area contributed by atoms with Gasteiger partial charge >= 0.3 is 0 Å². The van der Waals surface area contributed by atoms with Crippen LogP contribution in [0, 0.1) is 0 Å². The molecule has 20 heavy (non-hydrogen) atoms. The van der Waals surface area contributed by atoms with Crippen LogP contribution in [0.25, 0.3) is 0 Å². The highest BCUT2D eigenvalue weighted by Crippen LogP contribution is 2.22. The normalized spacial score (nSPS) is 21.5. The molecule has 3 nitrogen and oxygen atoms in total. The minimum absolute atomic E-state index is 0. The van der Waals surface area contributed by atoms with Crippen molar-refractivity contribution in [2.24, 2.45) is 0 Å². The van der Waals surface area contributed by atoms with Crippen LogP contribution in [-0.4, -0.2) is 25.0 Å². The van der Waals surface area contributed by atoms with Gasteiger partial charge < -0.3 is 10.6 Å². The van der Waals surface area contributed by atoms with Crippen LogP contribution in [-0.2, 0) is 12.8 Å². The lowest BCUT2D eigenvalue weighted by Crippen LogP contribution is -2.45. The molecule has 0 radical (unpaired) electrons. The zero-order valence-corrected chi connectivity index (χ0v) is 12.6. The van der Waals surface area contributed by atoms with Gasteiger partial charge in [-0.05, 0) is 68.3 Å². The van der Waals surface area contributed by atoms with Crippen LogP contribution in [0.2, 0.25) is 0 Å². The molecule has 1 fully saturated rings. The number of hydrogen-bond acceptors (Lipinski definition) is 2. The number of fused-ring (bicyclic) bond motifs is 1. The maximum Gasteiger partial charge on any atom is 0.251 e. The summed E-state index contributed by atoms with van der Waals surface area (Å²) in [4.78, 5) is 12.3. The Balaban J connectivity index is 0.00000147. The third-order valence-corrected chi connectivity index (χ3v) is 4.24. The molecule has 0 bridgehead atoms. The molecule has 110 valence electrons. The first-order chi connectivity index (χ1) is 9.33. The van der Waals surface area contributed by atoms with Crippen molar-refractivity contribution in [3.63, 3.8) is 0 Å². The van der Waals surface area contributed by atoms with Crippen molar-refractivity contribution in [3.8, 4) is 0 Å². The molecule has 4 heteroatoms. The number of carbonyl (C=O) groups is 1. The topological polar surface area (TPSA) is 41.1 Å². The summed E-state index contributed by atoms with van der Waals surface area (Å²) in [6, 6.07) is 6.51. The minimum atomic E-state index is 0. The highest BCUT2D eigenvalue weighted by molar-refractivity contribution is 5.94. The largest absolute Gasteiger partial charge is 0.348 e. The fourth-order valence-electron chi connectivity index (χ4n) is 3.12. The van der Waals surface area contributed by atoms with E-state index in [0.717, 1.165) is 37.9 Å². The van der Waals surface area contributed by atoms with Gasteiger partial charge in [-0.1, -0.05) is 6.07 Å². The van der Waals surface area contributed by atoms with Gasteiger partial charge in [0.25, 0.3) is 5.91 Å². The van der Waals surface area contributed by atoms with Gasteiger partial charge in [-0.2, -0.15) is 0 Å². The average molecular weight is 295 g/mol. The number of amides is 1. The van der Waals surface area contributed by atoms with Gasteiger partial charge in [0.05, 0.1) is 0 Å². The second-order valence-electron chi connectivity index (χ2n) is 5.71. The molecule has 3 rings (SSSR count). The fraction of sp³-hybridized carbons (Fsp3) is 0.562. The fourth-order valence-corrected chi connectivity index (χ4v) is 3.12. The van der Waals surface area contributed by atoms with E-state index in [4.69, 9.17) is 0 Å². The Morgan fingerprint density at radius 1 is 1.15 bits per heavy atom. The molecule has 1 unspecified atom stereocenters. The summed E-state index contributed by atoms with van der Waals surface area (Å²) in [6.45, 7) is 1.97. The third-order valence-electron chi connectivity index (χ3n) is 4.24. The summed E-state index contributed by atoms with van der Waals surface area (Å²) in [5.74, 6) is 0.0853. The molecule has 1 saturated heterocycles. The van der Waals surface area contributed by atoms with Crippen LogP contribution >= 0.6 is 12.4 Å². The highest BCUT2D eigenvalue weighted by Gasteiger charge is 2.17. The van der Waals surface area contributed by atoms with Crippen LogP contribution in [0.3, 0.4) is 0 Å². The molecular formula is C16H23ClN2O. The molecule has 1 aromatic carbocycles. The molecular weight excluding hydrogens is 272 g/mol. The van der Waals surface area contributed by atoms with Crippen LogP contribution in [0.4, 0.5) is 0 Å². The number of aryl methyl sites for hydroxylation is 2. The van der Waals surface area contributed by atoms with Crippen molar-refractivity contribution in [1.29, 1.82) is 0 Å². The summed E-state index contributed by atoms with van der Waals surface area (Å²) >= 11 is 0. The summed E-state index contributed by atoms with van der Waals surface area (Å²) < 4.78 is 0. The number of carbonyl (C=O) groups excluding carboxylic acids is 1. The molecule has 1 atom stereocenters. The van der Waals surface area contributed by atoms with Crippen molar-refractivity contribution in [3.05, 3.63) is 34.9 Å². The van der Waals surface area contributed by atoms with E-state index in [1.165, 1.54) is 30.4 Å². The van der Waals surface area contributed by atoms with E-state index in [1.54, 1.807) is 0 Å². The SMILES string of the molecule is Cl.O=C(NC1CCCNC1)c1ccc2c(c1)CCCC2. The molecule has 0 spiro atoms. The van der Waals surface area contributed by atoms with Crippen LogP contribution < -0.4 is 10.6 Å². The first kappa shape index (κ1) is 15.3. The summed E-state index contributed by atoms with van der Waals surface area (Å²) in [6.07, 6.45) is 7.07. The smallest absolute Gasteiger partial charge is 0.251 e. The van der Waals surface area contributed by atoms with Crippen LogP contribution in [0.15, 0.2) is 18.2 Å². The van der Waals surface area contributed by atoms with E-state index < -0.39 is 0 Å². The Morgan fingerprint density at radius 3 is 2.70 bits per heavy atom. The van der Waals surface area contributed by atoms with Crippen LogP contribution in [0.5, 0.6) is 0 Å². The molecule has 0 aromatic heterocycles. The van der Waals surface area contributed by atoms with Gasteiger partial charge in [0.1, 0.15) is 0 Å². The van der Waals surface area contributed by atoms with E-state index in [1.807, 2.05) is 6.07 Å². The Hall–Kier alpha value is -1.06. The maximum atomic E-state index is 12.3. The standard InChI is InChI=1S/C16H22N2O.ClH/c19-16(18-15-6-3-9-17-11-15)14-8-7-12-4-1-2-5-13(12)10-14;/h7-8,10,15,17H,1-6,9,11H2,(H,18,19);1H. The van der Waals surface area contributed by atoms with E-state index in [9.17, 15) is 4.79 Å². The van der Waals surface area contributed by atoms with Crippen molar-refractivity contribution in [2.45, 2.75) is 44.6 Å². The lowest BCUT2D eigenvalue weighted by molar-refractivity contribution is 0.0930. The van der Waals surface area contributed by atoms with Gasteiger partial charge in [-0.25, -0.2) is 0 Å². The number of rotatable bonds is 2. The van der Waals surface area contributed by atoms with Crippen molar-refractivity contribution in [2.75, 3.05) is 13.1 Å². The summed E-state index contributed by atoms with van der Waals surface area (Å²) in [7, 11) is 0. The highest BCUT2D eigenvalue weighted by atomic mass is 35.5. The van der Waals surface area contributed by atoms with Crippen molar-refractivity contribution < 1.29 is 4.79 Å². The molecule has 1 amide bonds. The van der Waals surface area contributed by atoms with Gasteiger partial charge in [0.15, 0.2) is 0 Å². The minimum Gasteiger partial charge on any atom is -0.348 e. The van der Waals surface area contributed by atoms with Crippen molar-refractivity contribution in [1.82, 2.24) is 10.6 Å². The zero-order chi connectivity index (χ0) is 13.1. The van der Waals surface area contributed by atoms with Gasteiger partial charge in [0, 0.05) is 18.2 Å². The van der Waals surface area contributed by atoms with E-state index >= 15 is 0 Å². The number of nitrogens with one attached hydrogen (secondary N) is 2. The molecule has 2 N–H and O–H groups in total. The van der Waals surface area contributed by atoms with Gasteiger partial charge in [-0.15, -0.1) is 12.4 Å².